The molecule has 0 unspecified atom stereocenters. The number of halogens is 1. The molecule has 0 atom stereocenters. The first-order valence-corrected chi connectivity index (χ1v) is 10.9. The second-order valence-electron chi connectivity index (χ2n) is 7.16. The van der Waals surface area contributed by atoms with E-state index < -0.39 is 10.0 Å². The van der Waals surface area contributed by atoms with Gasteiger partial charge < -0.3 is 15.4 Å². The van der Waals surface area contributed by atoms with Crippen molar-refractivity contribution in [3.8, 4) is 0 Å². The van der Waals surface area contributed by atoms with Gasteiger partial charge in [0.25, 0.3) is 0 Å². The molecule has 3 N–H and O–H groups in total. The van der Waals surface area contributed by atoms with E-state index in [0.717, 1.165) is 25.1 Å². The first kappa shape index (κ1) is 25.1. The minimum absolute atomic E-state index is 0. The molecule has 1 aliphatic carbocycles. The van der Waals surface area contributed by atoms with Crippen molar-refractivity contribution in [1.29, 1.82) is 0 Å². The van der Waals surface area contributed by atoms with Gasteiger partial charge in [0.1, 0.15) is 0 Å². The number of guanidine groups is 1. The molecule has 0 aliphatic heterocycles. The highest BCUT2D eigenvalue weighted by atomic mass is 127. The molecule has 9 heteroatoms. The molecule has 0 amide bonds. The van der Waals surface area contributed by atoms with Gasteiger partial charge in [0, 0.05) is 40.4 Å². The monoisotopic (exact) mass is 524 g/mol. The molecule has 0 spiro atoms. The molecular formula is C19H33IN4O3S. The van der Waals surface area contributed by atoms with E-state index in [0.29, 0.717) is 17.9 Å². The molecule has 0 bridgehead atoms. The fourth-order valence-electron chi connectivity index (χ4n) is 3.17. The van der Waals surface area contributed by atoms with Crippen molar-refractivity contribution in [3.63, 3.8) is 0 Å². The Kier molecular flexibility index (Phi) is 10.7. The maximum absolute atomic E-state index is 12.3. The largest absolute Gasteiger partial charge is 0.385 e. The molecule has 0 aromatic heterocycles. The third kappa shape index (κ3) is 7.49. The van der Waals surface area contributed by atoms with Crippen LogP contribution in [0.5, 0.6) is 0 Å². The summed E-state index contributed by atoms with van der Waals surface area (Å²) < 4.78 is 32.4. The second-order valence-corrected chi connectivity index (χ2v) is 8.93. The first-order chi connectivity index (χ1) is 12.9. The Balaban J connectivity index is 0.00000392. The molecular weight excluding hydrogens is 491 g/mol. The summed E-state index contributed by atoms with van der Waals surface area (Å²) in [4.78, 5) is 4.50. The fourth-order valence-corrected chi connectivity index (χ4v) is 4.20. The number of benzene rings is 1. The molecule has 0 radical (unpaired) electrons. The van der Waals surface area contributed by atoms with Gasteiger partial charge in [-0.05, 0) is 43.7 Å². The summed E-state index contributed by atoms with van der Waals surface area (Å²) in [5.74, 6) is 0.688. The number of hydrogen-bond acceptors (Lipinski definition) is 4. The fraction of sp³-hybridized carbons (Fsp3) is 0.632. The SMILES string of the molecule is CN=C(NCCNS(=O)(=O)c1ccc(C)cc1)NCC1(CCOC)CCC1.I. The lowest BCUT2D eigenvalue weighted by Gasteiger charge is -2.42. The van der Waals surface area contributed by atoms with Crippen LogP contribution in [0.25, 0.3) is 0 Å². The van der Waals surface area contributed by atoms with Crippen LogP contribution in [0.15, 0.2) is 34.2 Å². The predicted molar refractivity (Wildman–Crippen MR) is 124 cm³/mol. The van der Waals surface area contributed by atoms with Gasteiger partial charge in [0.05, 0.1) is 4.90 Å². The molecule has 1 aromatic carbocycles. The van der Waals surface area contributed by atoms with Gasteiger partial charge in [-0.1, -0.05) is 24.1 Å². The lowest BCUT2D eigenvalue weighted by atomic mass is 9.67. The Morgan fingerprint density at radius 3 is 2.39 bits per heavy atom. The number of rotatable bonds is 10. The van der Waals surface area contributed by atoms with Gasteiger partial charge in [-0.15, -0.1) is 24.0 Å². The van der Waals surface area contributed by atoms with Gasteiger partial charge in [-0.25, -0.2) is 13.1 Å². The number of hydrogen-bond donors (Lipinski definition) is 3. The van der Waals surface area contributed by atoms with Gasteiger partial charge in [-0.2, -0.15) is 0 Å². The zero-order chi connectivity index (χ0) is 19.8. The zero-order valence-electron chi connectivity index (χ0n) is 17.0. The van der Waals surface area contributed by atoms with E-state index in [1.165, 1.54) is 19.3 Å². The van der Waals surface area contributed by atoms with Crippen LogP contribution in [-0.4, -0.2) is 54.8 Å². The Morgan fingerprint density at radius 2 is 1.86 bits per heavy atom. The van der Waals surface area contributed by atoms with E-state index in [1.807, 2.05) is 6.92 Å². The van der Waals surface area contributed by atoms with Gasteiger partial charge >= 0.3 is 0 Å². The Labute approximate surface area is 186 Å². The highest BCUT2D eigenvalue weighted by Crippen LogP contribution is 2.43. The summed E-state index contributed by atoms with van der Waals surface area (Å²) in [5.41, 5.74) is 1.32. The highest BCUT2D eigenvalue weighted by Gasteiger charge is 2.36. The maximum atomic E-state index is 12.3. The van der Waals surface area contributed by atoms with E-state index in [9.17, 15) is 8.42 Å². The summed E-state index contributed by atoms with van der Waals surface area (Å²) in [5, 5.41) is 6.52. The van der Waals surface area contributed by atoms with Crippen LogP contribution in [-0.2, 0) is 14.8 Å². The van der Waals surface area contributed by atoms with Crippen LogP contribution in [0.1, 0.15) is 31.2 Å². The van der Waals surface area contributed by atoms with Crippen molar-refractivity contribution >= 4 is 40.0 Å². The smallest absolute Gasteiger partial charge is 0.240 e. The third-order valence-corrected chi connectivity index (χ3v) is 6.62. The number of methoxy groups -OCH3 is 1. The highest BCUT2D eigenvalue weighted by molar-refractivity contribution is 14.0. The van der Waals surface area contributed by atoms with E-state index in [2.05, 4.69) is 20.3 Å². The van der Waals surface area contributed by atoms with Crippen LogP contribution in [0.3, 0.4) is 0 Å². The van der Waals surface area contributed by atoms with Crippen molar-refractivity contribution < 1.29 is 13.2 Å². The summed E-state index contributed by atoms with van der Waals surface area (Å²) in [6.07, 6.45) is 4.72. The number of aryl methyl sites for hydroxylation is 1. The standard InChI is InChI=1S/C19H32N4O3S.HI/c1-16-5-7-17(8-6-16)27(24,25)23-13-12-21-18(20-2)22-15-19(9-4-10-19)11-14-26-3;/h5-8,23H,4,9-15H2,1-3H3,(H2,20,21,22);1H. The van der Waals surface area contributed by atoms with E-state index >= 15 is 0 Å². The third-order valence-electron chi connectivity index (χ3n) is 5.15. The molecule has 1 aliphatic rings. The Hall–Kier alpha value is -0.910. The zero-order valence-corrected chi connectivity index (χ0v) is 20.1. The van der Waals surface area contributed by atoms with Gasteiger partial charge in [-0.3, -0.25) is 4.99 Å². The average molecular weight is 524 g/mol. The first-order valence-electron chi connectivity index (χ1n) is 9.41. The van der Waals surface area contributed by atoms with E-state index in [-0.39, 0.29) is 35.4 Å². The van der Waals surface area contributed by atoms with Crippen molar-refractivity contribution in [3.05, 3.63) is 29.8 Å². The van der Waals surface area contributed by atoms with Crippen molar-refractivity contribution in [2.45, 2.75) is 37.5 Å². The number of nitrogens with zero attached hydrogens (tertiary/aromatic N) is 1. The number of nitrogens with one attached hydrogen (secondary N) is 3. The predicted octanol–water partition coefficient (Wildman–Crippen LogP) is 2.26. The van der Waals surface area contributed by atoms with E-state index in [4.69, 9.17) is 4.74 Å². The Bertz CT molecular complexity index is 719. The second kappa shape index (κ2) is 11.9. The van der Waals surface area contributed by atoms with Crippen LogP contribution in [0.2, 0.25) is 0 Å². The molecule has 0 heterocycles. The molecule has 7 nitrogen and oxygen atoms in total. The summed E-state index contributed by atoms with van der Waals surface area (Å²) in [7, 11) is -0.0358. The number of ether oxygens (including phenoxy) is 1. The topological polar surface area (TPSA) is 91.8 Å². The van der Waals surface area contributed by atoms with Crippen LogP contribution in [0.4, 0.5) is 0 Å². The van der Waals surface area contributed by atoms with Crippen LogP contribution >= 0.6 is 24.0 Å². The minimum Gasteiger partial charge on any atom is -0.385 e. The molecule has 1 aromatic rings. The lowest BCUT2D eigenvalue weighted by molar-refractivity contribution is 0.0732. The van der Waals surface area contributed by atoms with Crippen LogP contribution in [0, 0.1) is 12.3 Å². The molecule has 2 rings (SSSR count). The normalized spacial score (nSPS) is 16.0. The van der Waals surface area contributed by atoms with Gasteiger partial charge in [0.15, 0.2) is 5.96 Å². The molecule has 0 saturated heterocycles. The molecule has 1 fully saturated rings. The molecule has 160 valence electrons. The summed E-state index contributed by atoms with van der Waals surface area (Å²) in [6.45, 7) is 4.29. The lowest BCUT2D eigenvalue weighted by Crippen LogP contribution is -2.48. The maximum Gasteiger partial charge on any atom is 0.240 e. The van der Waals surface area contributed by atoms with Crippen molar-refractivity contribution in [2.24, 2.45) is 10.4 Å². The Morgan fingerprint density at radius 1 is 1.18 bits per heavy atom. The number of sulfonamides is 1. The van der Waals surface area contributed by atoms with Crippen molar-refractivity contribution in [2.75, 3.05) is 40.4 Å². The molecule has 28 heavy (non-hydrogen) atoms. The number of aliphatic imine (C=N–C) groups is 1. The van der Waals surface area contributed by atoms with Crippen molar-refractivity contribution in [1.82, 2.24) is 15.4 Å². The quantitative estimate of drug-likeness (QED) is 0.189. The summed E-state index contributed by atoms with van der Waals surface area (Å²) >= 11 is 0. The van der Waals surface area contributed by atoms with Crippen LogP contribution < -0.4 is 15.4 Å². The van der Waals surface area contributed by atoms with Gasteiger partial charge in [0.2, 0.25) is 10.0 Å². The average Bonchev–Trinajstić information content (AvgIpc) is 2.62. The minimum atomic E-state index is -3.49. The van der Waals surface area contributed by atoms with E-state index in [1.54, 1.807) is 38.4 Å². The molecule has 1 saturated carbocycles. The summed E-state index contributed by atoms with van der Waals surface area (Å²) in [6, 6.07) is 6.81.